The fourth-order valence-corrected chi connectivity index (χ4v) is 5.68. The van der Waals surface area contributed by atoms with Gasteiger partial charge in [-0.2, -0.15) is 0 Å². The Kier molecular flexibility index (Phi) is 14.0. The molecule has 12 heteroatoms. The number of amides is 2. The van der Waals surface area contributed by atoms with Crippen molar-refractivity contribution in [3.63, 3.8) is 0 Å². The van der Waals surface area contributed by atoms with Gasteiger partial charge in [-0.05, 0) is 75.8 Å². The maximum Gasteiger partial charge on any atom is 0.422 e. The van der Waals surface area contributed by atoms with E-state index in [1.165, 1.54) is 6.20 Å². The summed E-state index contributed by atoms with van der Waals surface area (Å²) in [6, 6.07) is 14.5. The molecule has 0 saturated carbocycles. The number of rotatable bonds is 16. The summed E-state index contributed by atoms with van der Waals surface area (Å²) in [5.74, 6) is 0.724. The topological polar surface area (TPSA) is 140 Å². The highest BCUT2D eigenvalue weighted by Crippen LogP contribution is 2.33. The van der Waals surface area contributed by atoms with E-state index in [-0.39, 0.29) is 31.9 Å². The standard InChI is InChI=1S/C37H52N4O8/c1-7-9-19-45-29-16-12-26(13-17-29)21-31(39-35(43)48-33-24-47-34-30(33)18-20-46-34)32(42)23-41(40-36(44)49-37(4,5)6)22-27-10-14-28(15-11-27)25(3)38-8-2/h8,10-17,30-34,42H,2,7,9,18-24H2,1,3-6H3,(H,39,43)(H,40,44)/t30-,31-,32-,33-,34+/m0/s1. The lowest BCUT2D eigenvalue weighted by atomic mass is 10.0. The van der Waals surface area contributed by atoms with Gasteiger partial charge in [0.1, 0.15) is 17.5 Å². The van der Waals surface area contributed by atoms with Crippen LogP contribution in [-0.4, -0.2) is 84.5 Å². The molecule has 0 aromatic heterocycles. The van der Waals surface area contributed by atoms with Gasteiger partial charge in [0.2, 0.25) is 0 Å². The number of hydrazine groups is 1. The number of hydrogen-bond acceptors (Lipinski definition) is 10. The van der Waals surface area contributed by atoms with Gasteiger partial charge in [-0.1, -0.05) is 56.3 Å². The summed E-state index contributed by atoms with van der Waals surface area (Å²) in [5.41, 5.74) is 5.55. The maximum absolute atomic E-state index is 13.3. The zero-order valence-electron chi connectivity index (χ0n) is 29.4. The second-order valence-corrected chi connectivity index (χ2v) is 13.4. The third-order valence-corrected chi connectivity index (χ3v) is 8.24. The van der Waals surface area contributed by atoms with E-state index in [4.69, 9.17) is 23.7 Å². The summed E-state index contributed by atoms with van der Waals surface area (Å²) in [5, 5.41) is 16.2. The maximum atomic E-state index is 13.3. The predicted octanol–water partition coefficient (Wildman–Crippen LogP) is 5.52. The van der Waals surface area contributed by atoms with Crippen LogP contribution in [0, 0.1) is 5.92 Å². The fourth-order valence-electron chi connectivity index (χ4n) is 5.68. The molecule has 0 aliphatic carbocycles. The first-order chi connectivity index (χ1) is 23.4. The van der Waals surface area contributed by atoms with Gasteiger partial charge in [0.25, 0.3) is 0 Å². The Hall–Kier alpha value is -3.97. The van der Waals surface area contributed by atoms with Crippen LogP contribution < -0.4 is 15.5 Å². The number of hydrogen-bond donors (Lipinski definition) is 3. The number of alkyl carbamates (subject to hydrolysis) is 1. The zero-order valence-corrected chi connectivity index (χ0v) is 29.4. The Balaban J connectivity index is 1.51. The van der Waals surface area contributed by atoms with Crippen molar-refractivity contribution in [3.05, 3.63) is 78.0 Å². The number of fused-ring (bicyclic) bond motifs is 1. The minimum Gasteiger partial charge on any atom is -0.494 e. The molecule has 2 heterocycles. The van der Waals surface area contributed by atoms with Crippen molar-refractivity contribution in [3.8, 4) is 5.75 Å². The number of ether oxygens (including phenoxy) is 5. The van der Waals surface area contributed by atoms with E-state index >= 15 is 0 Å². The molecule has 2 aliphatic rings. The molecule has 2 aliphatic heterocycles. The first-order valence-corrected chi connectivity index (χ1v) is 17.0. The van der Waals surface area contributed by atoms with Crippen LogP contribution in [0.1, 0.15) is 70.6 Å². The number of nitrogens with zero attached hydrogens (tertiary/aromatic N) is 2. The number of aliphatic imine (C=N–C) groups is 1. The summed E-state index contributed by atoms with van der Waals surface area (Å²) in [7, 11) is 0. The zero-order chi connectivity index (χ0) is 35.4. The first kappa shape index (κ1) is 37.8. The Bertz CT molecular complexity index is 1390. The van der Waals surface area contributed by atoms with Crippen molar-refractivity contribution in [2.45, 2.75) is 97.0 Å². The van der Waals surface area contributed by atoms with Crippen molar-refractivity contribution in [1.82, 2.24) is 15.8 Å². The molecule has 268 valence electrons. The number of carbonyl (C=O) groups excluding carboxylic acids is 2. The number of nitrogens with one attached hydrogen (secondary N) is 2. The molecule has 12 nitrogen and oxygen atoms in total. The molecule has 49 heavy (non-hydrogen) atoms. The molecular weight excluding hydrogens is 628 g/mol. The highest BCUT2D eigenvalue weighted by Gasteiger charge is 2.44. The first-order valence-electron chi connectivity index (χ1n) is 17.0. The lowest BCUT2D eigenvalue weighted by Gasteiger charge is -2.31. The van der Waals surface area contributed by atoms with Crippen LogP contribution in [0.25, 0.3) is 0 Å². The second kappa shape index (κ2) is 18.1. The lowest BCUT2D eigenvalue weighted by molar-refractivity contribution is -0.0907. The normalized spacial score (nSPS) is 20.3. The lowest BCUT2D eigenvalue weighted by Crippen LogP contribution is -2.54. The Morgan fingerprint density at radius 1 is 1.10 bits per heavy atom. The number of aliphatic hydroxyl groups is 1. The van der Waals surface area contributed by atoms with Crippen LogP contribution in [0.15, 0.2) is 66.3 Å². The van der Waals surface area contributed by atoms with E-state index in [1.54, 1.807) is 25.8 Å². The van der Waals surface area contributed by atoms with Gasteiger partial charge < -0.3 is 34.1 Å². The van der Waals surface area contributed by atoms with Crippen LogP contribution in [0.3, 0.4) is 0 Å². The molecule has 4 rings (SSSR count). The molecule has 2 aromatic carbocycles. The number of aliphatic hydroxyl groups excluding tert-OH is 1. The average Bonchev–Trinajstić information content (AvgIpc) is 3.66. The smallest absolute Gasteiger partial charge is 0.422 e. The van der Waals surface area contributed by atoms with Crippen LogP contribution in [0.5, 0.6) is 5.75 Å². The predicted molar refractivity (Wildman–Crippen MR) is 186 cm³/mol. The minimum absolute atomic E-state index is 0.0267. The Morgan fingerprint density at radius 3 is 2.49 bits per heavy atom. The number of unbranched alkanes of at least 4 members (excludes halogenated alkanes) is 1. The minimum atomic E-state index is -1.13. The monoisotopic (exact) mass is 680 g/mol. The Morgan fingerprint density at radius 2 is 1.82 bits per heavy atom. The molecule has 5 atom stereocenters. The quantitative estimate of drug-likeness (QED) is 0.119. The second-order valence-electron chi connectivity index (χ2n) is 13.4. The number of benzene rings is 2. The van der Waals surface area contributed by atoms with Crippen LogP contribution in [0.4, 0.5) is 9.59 Å². The summed E-state index contributed by atoms with van der Waals surface area (Å²) in [6.45, 7) is 14.6. The molecule has 0 unspecified atom stereocenters. The van der Waals surface area contributed by atoms with E-state index in [0.717, 1.165) is 47.4 Å². The van der Waals surface area contributed by atoms with Gasteiger partial charge in [0.15, 0.2) is 6.29 Å². The Labute approximate surface area is 289 Å². The van der Waals surface area contributed by atoms with Crippen LogP contribution in [0.2, 0.25) is 0 Å². The summed E-state index contributed by atoms with van der Waals surface area (Å²) in [4.78, 5) is 30.4. The highest BCUT2D eigenvalue weighted by atomic mass is 16.7. The van der Waals surface area contributed by atoms with Crippen molar-refractivity contribution in [2.24, 2.45) is 10.9 Å². The molecule has 0 spiro atoms. The van der Waals surface area contributed by atoms with Gasteiger partial charge >= 0.3 is 12.2 Å². The number of carbonyl (C=O) groups is 2. The van der Waals surface area contributed by atoms with Gasteiger partial charge in [0, 0.05) is 25.0 Å². The molecule has 0 radical (unpaired) electrons. The molecule has 2 aromatic rings. The third kappa shape index (κ3) is 12.1. The van der Waals surface area contributed by atoms with Gasteiger partial charge in [0.05, 0.1) is 37.9 Å². The summed E-state index contributed by atoms with van der Waals surface area (Å²) >= 11 is 0. The SMILES string of the molecule is C=CN=C(C)c1ccc(CN(C[C@H](O)[C@H](Cc2ccc(OCCCC)cc2)NC(=O)O[C@H]2CO[C@H]3OCC[C@H]32)NC(=O)OC(C)(C)C)cc1. The average molecular weight is 681 g/mol. The van der Waals surface area contributed by atoms with Gasteiger partial charge in [-0.3, -0.25) is 10.4 Å². The van der Waals surface area contributed by atoms with E-state index in [0.29, 0.717) is 19.6 Å². The molecule has 3 N–H and O–H groups in total. The van der Waals surface area contributed by atoms with Crippen molar-refractivity contribution in [2.75, 3.05) is 26.4 Å². The van der Waals surface area contributed by atoms with E-state index in [9.17, 15) is 14.7 Å². The van der Waals surface area contributed by atoms with Crippen molar-refractivity contribution in [1.29, 1.82) is 0 Å². The van der Waals surface area contributed by atoms with Gasteiger partial charge in [-0.25, -0.2) is 14.6 Å². The molecule has 2 amide bonds. The van der Waals surface area contributed by atoms with Crippen molar-refractivity contribution >= 4 is 17.9 Å². The van der Waals surface area contributed by atoms with E-state index < -0.39 is 36.0 Å². The molecule has 0 bridgehead atoms. The molecular formula is C37H52N4O8. The van der Waals surface area contributed by atoms with E-state index in [1.807, 2.05) is 55.5 Å². The summed E-state index contributed by atoms with van der Waals surface area (Å²) < 4.78 is 28.3. The van der Waals surface area contributed by atoms with Crippen molar-refractivity contribution < 1.29 is 38.4 Å². The van der Waals surface area contributed by atoms with E-state index in [2.05, 4.69) is 29.2 Å². The van der Waals surface area contributed by atoms with Crippen LogP contribution >= 0.6 is 0 Å². The highest BCUT2D eigenvalue weighted by molar-refractivity contribution is 5.99. The largest absolute Gasteiger partial charge is 0.494 e. The fraction of sp³-hybridized carbons (Fsp3) is 0.541. The molecule has 2 fully saturated rings. The van der Waals surface area contributed by atoms with Gasteiger partial charge in [-0.15, -0.1) is 0 Å². The third-order valence-electron chi connectivity index (χ3n) is 8.24. The summed E-state index contributed by atoms with van der Waals surface area (Å²) in [6.07, 6.45) is 1.26. The molecule has 2 saturated heterocycles. The van der Waals surface area contributed by atoms with Crippen LogP contribution in [-0.2, 0) is 31.9 Å².